The molecule has 1 aromatic rings. The van der Waals surface area contributed by atoms with Crippen LogP contribution in [0.3, 0.4) is 0 Å². The Morgan fingerprint density at radius 2 is 2.19 bits per heavy atom. The molecule has 0 saturated heterocycles. The van der Waals surface area contributed by atoms with Crippen molar-refractivity contribution in [2.24, 2.45) is 0 Å². The van der Waals surface area contributed by atoms with Gasteiger partial charge >= 0.3 is 0 Å². The Morgan fingerprint density at radius 3 is 2.75 bits per heavy atom. The van der Waals surface area contributed by atoms with Crippen LogP contribution in [-0.2, 0) is 0 Å². The molecule has 0 saturated carbocycles. The summed E-state index contributed by atoms with van der Waals surface area (Å²) >= 11 is 0. The molecule has 0 atom stereocenters. The molecule has 0 heterocycles. The monoisotopic (exact) mass is 224 g/mol. The topological polar surface area (TPSA) is 44.1 Å². The molecule has 84 valence electrons. The van der Waals surface area contributed by atoms with Gasteiger partial charge < -0.3 is 4.90 Å². The molecular weight excluding hydrogens is 214 g/mol. The number of nitriles is 1. The van der Waals surface area contributed by atoms with Crippen molar-refractivity contribution in [1.82, 2.24) is 4.90 Å². The molecule has 0 aliphatic heterocycles. The fraction of sp³-hybridized carbons (Fsp3) is 0.273. The van der Waals surface area contributed by atoms with Crippen LogP contribution in [0.5, 0.6) is 0 Å². The van der Waals surface area contributed by atoms with E-state index in [2.05, 4.69) is 0 Å². The fourth-order valence-electron chi connectivity index (χ4n) is 1.19. The largest absolute Gasteiger partial charge is 0.341 e. The number of amides is 1. The third-order valence-electron chi connectivity index (χ3n) is 2.07. The average molecular weight is 224 g/mol. The van der Waals surface area contributed by atoms with E-state index >= 15 is 0 Å². The number of benzene rings is 1. The van der Waals surface area contributed by atoms with Gasteiger partial charge in [-0.2, -0.15) is 5.26 Å². The van der Waals surface area contributed by atoms with Crippen molar-refractivity contribution in [3.63, 3.8) is 0 Å². The number of carbonyl (C=O) groups excluding carboxylic acids is 1. The van der Waals surface area contributed by atoms with E-state index in [1.165, 1.54) is 11.9 Å². The van der Waals surface area contributed by atoms with Crippen LogP contribution in [0.25, 0.3) is 0 Å². The summed E-state index contributed by atoms with van der Waals surface area (Å²) in [7, 11) is 1.46. The zero-order chi connectivity index (χ0) is 12.1. The van der Waals surface area contributed by atoms with Crippen LogP contribution in [0.2, 0.25) is 0 Å². The maximum atomic E-state index is 13.2. The fourth-order valence-corrected chi connectivity index (χ4v) is 1.19. The highest BCUT2D eigenvalue weighted by atomic mass is 19.1. The molecule has 0 N–H and O–H groups in total. The first-order chi connectivity index (χ1) is 7.56. The minimum absolute atomic E-state index is 0.172. The summed E-state index contributed by atoms with van der Waals surface area (Å²) in [5.74, 6) is -2.18. The molecule has 1 rings (SSSR count). The number of carbonyl (C=O) groups is 1. The van der Waals surface area contributed by atoms with Crippen LogP contribution < -0.4 is 0 Å². The lowest BCUT2D eigenvalue weighted by molar-refractivity contribution is 0.0793. The molecule has 0 aliphatic rings. The summed E-state index contributed by atoms with van der Waals surface area (Å²) in [6.45, 7) is 0.214. The van der Waals surface area contributed by atoms with E-state index in [1.54, 1.807) is 0 Å². The molecule has 1 aromatic carbocycles. The summed E-state index contributed by atoms with van der Waals surface area (Å²) in [5, 5.41) is 8.35. The maximum Gasteiger partial charge on any atom is 0.256 e. The van der Waals surface area contributed by atoms with Crippen molar-refractivity contribution >= 4 is 5.91 Å². The van der Waals surface area contributed by atoms with E-state index in [0.717, 1.165) is 12.1 Å². The molecule has 0 aliphatic carbocycles. The number of hydrogen-bond acceptors (Lipinski definition) is 2. The smallest absolute Gasteiger partial charge is 0.256 e. The molecule has 0 fully saturated rings. The second-order valence-corrected chi connectivity index (χ2v) is 3.26. The third kappa shape index (κ3) is 2.76. The normalized spacial score (nSPS) is 9.62. The van der Waals surface area contributed by atoms with Crippen LogP contribution in [0.1, 0.15) is 16.8 Å². The maximum absolute atomic E-state index is 13.2. The molecule has 0 spiro atoms. The molecule has 3 nitrogen and oxygen atoms in total. The van der Waals surface area contributed by atoms with Crippen LogP contribution in [0.4, 0.5) is 8.78 Å². The molecule has 0 radical (unpaired) electrons. The first-order valence-electron chi connectivity index (χ1n) is 4.63. The van der Waals surface area contributed by atoms with E-state index in [9.17, 15) is 13.6 Å². The van der Waals surface area contributed by atoms with E-state index < -0.39 is 17.5 Å². The lowest BCUT2D eigenvalue weighted by Gasteiger charge is -2.15. The minimum Gasteiger partial charge on any atom is -0.341 e. The summed E-state index contributed by atoms with van der Waals surface area (Å²) in [4.78, 5) is 12.9. The number of hydrogen-bond donors (Lipinski definition) is 0. The van der Waals surface area contributed by atoms with Gasteiger partial charge in [-0.05, 0) is 12.1 Å². The van der Waals surface area contributed by atoms with E-state index in [0.29, 0.717) is 6.07 Å². The summed E-state index contributed by atoms with van der Waals surface area (Å²) < 4.78 is 25.8. The van der Waals surface area contributed by atoms with Crippen LogP contribution in [0.15, 0.2) is 18.2 Å². The summed E-state index contributed by atoms with van der Waals surface area (Å²) in [5.41, 5.74) is -0.193. The van der Waals surface area contributed by atoms with Crippen LogP contribution in [-0.4, -0.2) is 24.4 Å². The van der Waals surface area contributed by atoms with Gasteiger partial charge in [0.25, 0.3) is 5.91 Å². The van der Waals surface area contributed by atoms with E-state index in [-0.39, 0.29) is 18.5 Å². The zero-order valence-electron chi connectivity index (χ0n) is 8.70. The number of rotatable bonds is 3. The van der Waals surface area contributed by atoms with Gasteiger partial charge in [0.15, 0.2) is 0 Å². The Kier molecular flexibility index (Phi) is 3.95. The lowest BCUT2D eigenvalue weighted by atomic mass is 10.2. The zero-order valence-corrected chi connectivity index (χ0v) is 8.70. The third-order valence-corrected chi connectivity index (χ3v) is 2.07. The highest BCUT2D eigenvalue weighted by Gasteiger charge is 2.16. The van der Waals surface area contributed by atoms with Gasteiger partial charge in [-0.1, -0.05) is 0 Å². The standard InChI is InChI=1S/C11H10F2N2O/c1-15(6-2-5-14)11(16)9-4-3-8(12)7-10(9)13/h3-4,7H,2,6H2,1H3. The van der Waals surface area contributed by atoms with Gasteiger partial charge in [0.1, 0.15) is 11.6 Å². The summed E-state index contributed by atoms with van der Waals surface area (Å²) in [6.07, 6.45) is 0.172. The second kappa shape index (κ2) is 5.21. The van der Waals surface area contributed by atoms with Gasteiger partial charge in [0.05, 0.1) is 18.1 Å². The van der Waals surface area contributed by atoms with Crippen LogP contribution in [0, 0.1) is 23.0 Å². The summed E-state index contributed by atoms with van der Waals surface area (Å²) in [6, 6.07) is 4.65. The second-order valence-electron chi connectivity index (χ2n) is 3.26. The molecule has 1 amide bonds. The van der Waals surface area contributed by atoms with Crippen molar-refractivity contribution in [3.8, 4) is 6.07 Å². The van der Waals surface area contributed by atoms with Gasteiger partial charge in [0, 0.05) is 19.7 Å². The lowest BCUT2D eigenvalue weighted by Crippen LogP contribution is -2.28. The van der Waals surface area contributed by atoms with Gasteiger partial charge in [-0.15, -0.1) is 0 Å². The van der Waals surface area contributed by atoms with Crippen LogP contribution >= 0.6 is 0 Å². The highest BCUT2D eigenvalue weighted by molar-refractivity contribution is 5.94. The van der Waals surface area contributed by atoms with E-state index in [1.807, 2.05) is 6.07 Å². The Bertz CT molecular complexity index is 440. The average Bonchev–Trinajstić information content (AvgIpc) is 2.25. The first kappa shape index (κ1) is 12.1. The molecule has 16 heavy (non-hydrogen) atoms. The van der Waals surface area contributed by atoms with Crippen molar-refractivity contribution in [3.05, 3.63) is 35.4 Å². The van der Waals surface area contributed by atoms with Crippen molar-refractivity contribution < 1.29 is 13.6 Å². The minimum atomic E-state index is -0.895. The molecular formula is C11H10F2N2O. The number of halogens is 2. The predicted molar refractivity (Wildman–Crippen MR) is 53.5 cm³/mol. The first-order valence-corrected chi connectivity index (χ1v) is 4.63. The van der Waals surface area contributed by atoms with Crippen molar-refractivity contribution in [2.75, 3.05) is 13.6 Å². The predicted octanol–water partition coefficient (Wildman–Crippen LogP) is 1.95. The highest BCUT2D eigenvalue weighted by Crippen LogP contribution is 2.11. The van der Waals surface area contributed by atoms with E-state index in [4.69, 9.17) is 5.26 Å². The molecule has 5 heteroatoms. The Labute approximate surface area is 91.9 Å². The Hall–Kier alpha value is -1.96. The number of nitrogens with zero attached hydrogens (tertiary/aromatic N) is 2. The van der Waals surface area contributed by atoms with Crippen molar-refractivity contribution in [1.29, 1.82) is 5.26 Å². The quantitative estimate of drug-likeness (QED) is 0.787. The van der Waals surface area contributed by atoms with Gasteiger partial charge in [-0.25, -0.2) is 8.78 Å². The van der Waals surface area contributed by atoms with Gasteiger partial charge in [0.2, 0.25) is 0 Å². The molecule has 0 unspecified atom stereocenters. The molecule has 0 bridgehead atoms. The SMILES string of the molecule is CN(CCC#N)C(=O)c1ccc(F)cc1F. The van der Waals surface area contributed by atoms with Crippen molar-refractivity contribution in [2.45, 2.75) is 6.42 Å². The molecule has 0 aromatic heterocycles. The Balaban J connectivity index is 2.84. The Morgan fingerprint density at radius 1 is 1.50 bits per heavy atom. The van der Waals surface area contributed by atoms with Gasteiger partial charge in [-0.3, -0.25) is 4.79 Å².